The highest BCUT2D eigenvalue weighted by Crippen LogP contribution is 2.25. The highest BCUT2D eigenvalue weighted by molar-refractivity contribution is 5.62. The molecule has 5 rings (SSSR count). The average molecular weight is 397 g/mol. The van der Waals surface area contributed by atoms with Gasteiger partial charge in [-0.15, -0.1) is 0 Å². The van der Waals surface area contributed by atoms with Crippen molar-refractivity contribution in [2.75, 3.05) is 0 Å². The summed E-state index contributed by atoms with van der Waals surface area (Å²) in [7, 11) is 0. The van der Waals surface area contributed by atoms with E-state index in [0.29, 0.717) is 30.1 Å². The fraction of sp³-hybridized carbons (Fsp3) is 0.0833. The molecular formula is C24H19N3O3. The molecule has 0 saturated carbocycles. The molecule has 0 unspecified atom stereocenters. The fourth-order valence-electron chi connectivity index (χ4n) is 3.61. The maximum atomic E-state index is 13.1. The lowest BCUT2D eigenvalue weighted by Crippen LogP contribution is -2.17. The number of aromatic amines is 1. The second kappa shape index (κ2) is 7.40. The lowest BCUT2D eigenvalue weighted by Gasteiger charge is -2.13. The number of hydrogen-bond acceptors (Lipinski definition) is 4. The number of phenolic OH excluding ortho intramolecular Hbond substituents is 1. The molecule has 0 radical (unpaired) electrons. The van der Waals surface area contributed by atoms with E-state index in [-0.39, 0.29) is 11.3 Å². The minimum atomic E-state index is -0.175. The molecule has 6 nitrogen and oxygen atoms in total. The van der Waals surface area contributed by atoms with Crippen LogP contribution in [-0.2, 0) is 12.8 Å². The van der Waals surface area contributed by atoms with Gasteiger partial charge in [0, 0.05) is 18.2 Å². The van der Waals surface area contributed by atoms with E-state index in [2.05, 4.69) is 9.97 Å². The Morgan fingerprint density at radius 3 is 2.63 bits per heavy atom. The Kier molecular flexibility index (Phi) is 4.44. The highest BCUT2D eigenvalue weighted by Gasteiger charge is 2.21. The molecule has 2 aromatic carbocycles. The second-order valence-corrected chi connectivity index (χ2v) is 7.17. The smallest absolute Gasteiger partial charge is 0.278 e. The SMILES string of the molecule is O=c1c(Cc2ccco2)nc2c(Cc3ccccc3)[nH]c(-c3cccc(O)c3)cn1-2. The number of aromatic hydroxyl groups is 1. The number of rotatable bonds is 5. The molecule has 0 aliphatic carbocycles. The molecule has 3 heterocycles. The number of benzene rings is 2. The predicted octanol–water partition coefficient (Wildman–Crippen LogP) is 4.15. The van der Waals surface area contributed by atoms with Crippen molar-refractivity contribution in [3.63, 3.8) is 0 Å². The standard InChI is InChI=1S/C24H19N3O3/c28-18-9-4-8-17(13-18)22-15-27-23(20(25-22)12-16-6-2-1-3-7-16)26-21(24(27)29)14-19-10-5-11-30-19/h1-11,13,15,25,28H,12,14H2. The molecule has 30 heavy (non-hydrogen) atoms. The molecular weight excluding hydrogens is 378 g/mol. The van der Waals surface area contributed by atoms with Crippen LogP contribution in [0.4, 0.5) is 0 Å². The van der Waals surface area contributed by atoms with Crippen LogP contribution >= 0.6 is 0 Å². The van der Waals surface area contributed by atoms with Gasteiger partial charge in [0.15, 0.2) is 5.82 Å². The molecule has 148 valence electrons. The minimum Gasteiger partial charge on any atom is -0.508 e. The highest BCUT2D eigenvalue weighted by atomic mass is 16.3. The van der Waals surface area contributed by atoms with Crippen molar-refractivity contribution in [1.82, 2.24) is 14.5 Å². The lowest BCUT2D eigenvalue weighted by atomic mass is 10.1. The van der Waals surface area contributed by atoms with E-state index in [4.69, 9.17) is 4.42 Å². The van der Waals surface area contributed by atoms with Crippen molar-refractivity contribution in [2.45, 2.75) is 12.8 Å². The molecule has 0 fully saturated rings. The number of fused-ring (bicyclic) bond motifs is 1. The third kappa shape index (κ3) is 3.39. The Labute approximate surface area is 172 Å². The number of nitrogens with zero attached hydrogens (tertiary/aromatic N) is 2. The summed E-state index contributed by atoms with van der Waals surface area (Å²) >= 11 is 0. The fourth-order valence-corrected chi connectivity index (χ4v) is 3.61. The first-order valence-corrected chi connectivity index (χ1v) is 9.66. The molecule has 0 saturated heterocycles. The van der Waals surface area contributed by atoms with Crippen LogP contribution in [0, 0.1) is 0 Å². The molecule has 6 heteroatoms. The largest absolute Gasteiger partial charge is 0.508 e. The van der Waals surface area contributed by atoms with Crippen LogP contribution in [0.3, 0.4) is 0 Å². The summed E-state index contributed by atoms with van der Waals surface area (Å²) in [5.74, 6) is 1.45. The number of imidazole rings is 1. The van der Waals surface area contributed by atoms with Crippen LogP contribution in [-0.4, -0.2) is 19.6 Å². The minimum absolute atomic E-state index is 0.164. The van der Waals surface area contributed by atoms with E-state index in [0.717, 1.165) is 22.5 Å². The quantitative estimate of drug-likeness (QED) is 0.467. The summed E-state index contributed by atoms with van der Waals surface area (Å²) in [4.78, 5) is 21.2. The summed E-state index contributed by atoms with van der Waals surface area (Å²) in [6.07, 6.45) is 4.25. The number of aromatic nitrogens is 3. The number of nitrogens with one attached hydrogen (secondary N) is 1. The van der Waals surface area contributed by atoms with Gasteiger partial charge in [0.2, 0.25) is 0 Å². The van der Waals surface area contributed by atoms with Crippen LogP contribution in [0.5, 0.6) is 5.75 Å². The first-order chi connectivity index (χ1) is 14.7. The van der Waals surface area contributed by atoms with Crippen molar-refractivity contribution in [3.05, 3.63) is 112 Å². The lowest BCUT2D eigenvalue weighted by molar-refractivity contribution is 0.475. The van der Waals surface area contributed by atoms with Crippen molar-refractivity contribution in [2.24, 2.45) is 0 Å². The summed E-state index contributed by atoms with van der Waals surface area (Å²) in [5, 5.41) is 9.89. The summed E-state index contributed by atoms with van der Waals surface area (Å²) in [5.41, 5.74) is 3.69. The van der Waals surface area contributed by atoms with Gasteiger partial charge in [0.25, 0.3) is 5.56 Å². The first-order valence-electron chi connectivity index (χ1n) is 9.66. The van der Waals surface area contributed by atoms with Crippen molar-refractivity contribution in [1.29, 1.82) is 0 Å². The summed E-state index contributed by atoms with van der Waals surface area (Å²) < 4.78 is 6.97. The van der Waals surface area contributed by atoms with Gasteiger partial charge >= 0.3 is 0 Å². The zero-order valence-corrected chi connectivity index (χ0v) is 16.1. The van der Waals surface area contributed by atoms with E-state index < -0.39 is 0 Å². The van der Waals surface area contributed by atoms with Gasteiger partial charge < -0.3 is 14.5 Å². The van der Waals surface area contributed by atoms with E-state index in [1.54, 1.807) is 41.3 Å². The monoisotopic (exact) mass is 397 g/mol. The number of hydrogen-bond donors (Lipinski definition) is 2. The van der Waals surface area contributed by atoms with E-state index in [9.17, 15) is 9.90 Å². The summed E-state index contributed by atoms with van der Waals surface area (Å²) in [6, 6.07) is 20.6. The first kappa shape index (κ1) is 18.0. The van der Waals surface area contributed by atoms with E-state index in [1.165, 1.54) is 0 Å². The van der Waals surface area contributed by atoms with Gasteiger partial charge in [-0.3, -0.25) is 9.36 Å². The van der Waals surface area contributed by atoms with E-state index >= 15 is 0 Å². The topological polar surface area (TPSA) is 84.1 Å². The van der Waals surface area contributed by atoms with Gasteiger partial charge in [-0.2, -0.15) is 0 Å². The van der Waals surface area contributed by atoms with E-state index in [1.807, 2.05) is 42.5 Å². The van der Waals surface area contributed by atoms with Gasteiger partial charge in [-0.05, 0) is 29.8 Å². The molecule has 2 aliphatic rings. The van der Waals surface area contributed by atoms with Crippen LogP contribution in [0.2, 0.25) is 0 Å². The predicted molar refractivity (Wildman–Crippen MR) is 113 cm³/mol. The zero-order chi connectivity index (χ0) is 20.5. The molecule has 0 bridgehead atoms. The zero-order valence-electron chi connectivity index (χ0n) is 16.1. The average Bonchev–Trinajstić information content (AvgIpc) is 3.38. The van der Waals surface area contributed by atoms with Crippen molar-refractivity contribution in [3.8, 4) is 22.8 Å². The Balaban J connectivity index is 1.67. The van der Waals surface area contributed by atoms with Gasteiger partial charge in [0.1, 0.15) is 17.2 Å². The van der Waals surface area contributed by atoms with Crippen molar-refractivity contribution < 1.29 is 9.52 Å². The van der Waals surface area contributed by atoms with Crippen LogP contribution in [0.15, 0.2) is 88.4 Å². The van der Waals surface area contributed by atoms with Crippen LogP contribution < -0.4 is 5.56 Å². The normalized spacial score (nSPS) is 11.2. The molecule has 1 aromatic heterocycles. The summed E-state index contributed by atoms with van der Waals surface area (Å²) in [6.45, 7) is 0. The number of furan rings is 1. The third-order valence-corrected chi connectivity index (χ3v) is 5.05. The Morgan fingerprint density at radius 1 is 1.00 bits per heavy atom. The molecule has 0 amide bonds. The van der Waals surface area contributed by atoms with Crippen LogP contribution in [0.25, 0.3) is 17.1 Å². The molecule has 2 N–H and O–H groups in total. The van der Waals surface area contributed by atoms with Crippen molar-refractivity contribution >= 4 is 0 Å². The Bertz CT molecular complexity index is 1320. The Morgan fingerprint density at radius 2 is 1.87 bits per heavy atom. The second-order valence-electron chi connectivity index (χ2n) is 7.17. The van der Waals surface area contributed by atoms with Gasteiger partial charge in [-0.25, -0.2) is 4.98 Å². The maximum absolute atomic E-state index is 13.1. The number of phenols is 1. The number of H-pyrrole nitrogens is 1. The molecule has 2 aliphatic heterocycles. The Hall–Kier alpha value is -4.06. The van der Waals surface area contributed by atoms with Gasteiger partial charge in [0.05, 0.1) is 24.1 Å². The molecule has 0 atom stereocenters. The molecule has 3 aromatic rings. The third-order valence-electron chi connectivity index (χ3n) is 5.05. The van der Waals surface area contributed by atoms with Gasteiger partial charge in [-0.1, -0.05) is 42.5 Å². The maximum Gasteiger partial charge on any atom is 0.278 e. The molecule has 0 spiro atoms. The van der Waals surface area contributed by atoms with Crippen LogP contribution in [0.1, 0.15) is 22.7 Å².